The van der Waals surface area contributed by atoms with Crippen molar-refractivity contribution in [3.63, 3.8) is 0 Å². The molecule has 1 aromatic carbocycles. The van der Waals surface area contributed by atoms with Crippen molar-refractivity contribution in [1.29, 1.82) is 0 Å². The lowest BCUT2D eigenvalue weighted by Gasteiger charge is -2.35. The number of nitrogens with zero attached hydrogens (tertiary/aromatic N) is 1. The van der Waals surface area contributed by atoms with Gasteiger partial charge in [0.2, 0.25) is 0 Å². The highest BCUT2D eigenvalue weighted by Gasteiger charge is 2.42. The molecule has 0 aromatic heterocycles. The highest BCUT2D eigenvalue weighted by molar-refractivity contribution is 8.23. The monoisotopic (exact) mass is 257 g/mol. The van der Waals surface area contributed by atoms with Crippen LogP contribution in [0.25, 0.3) is 0 Å². The fraction of sp³-hybridized carbons (Fsp3) is 0.200. The summed E-state index contributed by atoms with van der Waals surface area (Å²) in [5.41, 5.74) is 0.205. The van der Waals surface area contributed by atoms with Crippen LogP contribution in [0.2, 0.25) is 0 Å². The first-order valence-corrected chi connectivity index (χ1v) is 6.25. The summed E-state index contributed by atoms with van der Waals surface area (Å²) in [6.45, 7) is -0.480. The first-order chi connectivity index (χ1) is 7.98. The van der Waals surface area contributed by atoms with Gasteiger partial charge in [0, 0.05) is 0 Å². The number of ether oxygens (including phenoxy) is 1. The van der Waals surface area contributed by atoms with Gasteiger partial charge in [0.15, 0.2) is 0 Å². The van der Waals surface area contributed by atoms with Gasteiger partial charge in [-0.3, -0.25) is 18.7 Å². The van der Waals surface area contributed by atoms with E-state index >= 15 is 0 Å². The Morgan fingerprint density at radius 1 is 1.41 bits per heavy atom. The van der Waals surface area contributed by atoms with Crippen molar-refractivity contribution in [2.45, 2.75) is 4.90 Å². The van der Waals surface area contributed by atoms with Crippen LogP contribution >= 0.6 is 10.8 Å². The fourth-order valence-electron chi connectivity index (χ4n) is 1.59. The van der Waals surface area contributed by atoms with Crippen molar-refractivity contribution in [2.75, 3.05) is 13.7 Å². The number of amides is 1. The lowest BCUT2D eigenvalue weighted by Crippen LogP contribution is -2.33. The standard InChI is InChI=1S/C10H11NO5S/c1-16-9(12)6-11-10(13)7-4-2-3-5-8(7)17(11,14)15/h2-5,14-15H,6H2,1H3. The Bertz CT molecular complexity index is 487. The van der Waals surface area contributed by atoms with Crippen LogP contribution in [0.4, 0.5) is 0 Å². The highest BCUT2D eigenvalue weighted by atomic mass is 32.3. The van der Waals surface area contributed by atoms with Crippen molar-refractivity contribution in [2.24, 2.45) is 0 Å². The zero-order chi connectivity index (χ0) is 12.6. The Morgan fingerprint density at radius 3 is 2.65 bits per heavy atom. The van der Waals surface area contributed by atoms with Gasteiger partial charge in [-0.05, 0) is 12.1 Å². The number of benzene rings is 1. The molecule has 1 aliphatic heterocycles. The molecule has 1 heterocycles. The number of hydrogen-bond acceptors (Lipinski definition) is 5. The average Bonchev–Trinajstić information content (AvgIpc) is 2.51. The normalized spacial score (nSPS) is 18.8. The molecule has 7 heteroatoms. The first kappa shape index (κ1) is 11.9. The SMILES string of the molecule is COC(=O)CN1C(=O)c2ccccc2S1(O)O. The van der Waals surface area contributed by atoms with Crippen LogP contribution in [0.15, 0.2) is 29.2 Å². The third-order valence-corrected chi connectivity index (χ3v) is 4.30. The van der Waals surface area contributed by atoms with Gasteiger partial charge < -0.3 is 4.74 Å². The predicted molar refractivity (Wildman–Crippen MR) is 60.6 cm³/mol. The van der Waals surface area contributed by atoms with Crippen LogP contribution in [-0.4, -0.2) is 38.9 Å². The highest BCUT2D eigenvalue weighted by Crippen LogP contribution is 2.58. The van der Waals surface area contributed by atoms with Crippen molar-refractivity contribution < 1.29 is 23.4 Å². The molecule has 2 N–H and O–H groups in total. The summed E-state index contributed by atoms with van der Waals surface area (Å²) >= 11 is 0. The van der Waals surface area contributed by atoms with E-state index in [-0.39, 0.29) is 10.5 Å². The van der Waals surface area contributed by atoms with Crippen molar-refractivity contribution >= 4 is 22.7 Å². The van der Waals surface area contributed by atoms with Gasteiger partial charge >= 0.3 is 5.97 Å². The lowest BCUT2D eigenvalue weighted by molar-refractivity contribution is -0.140. The van der Waals surface area contributed by atoms with Crippen molar-refractivity contribution in [3.05, 3.63) is 29.8 Å². The molecule has 0 saturated carbocycles. The topological polar surface area (TPSA) is 87.1 Å². The molecule has 0 atom stereocenters. The number of rotatable bonds is 2. The van der Waals surface area contributed by atoms with Crippen molar-refractivity contribution in [1.82, 2.24) is 4.31 Å². The summed E-state index contributed by atoms with van der Waals surface area (Å²) in [7, 11) is -2.25. The van der Waals surface area contributed by atoms with Gasteiger partial charge in [-0.1, -0.05) is 22.9 Å². The van der Waals surface area contributed by atoms with E-state index in [9.17, 15) is 18.7 Å². The molecule has 0 bridgehead atoms. The summed E-state index contributed by atoms with van der Waals surface area (Å²) in [5, 5.41) is 0. The fourth-order valence-corrected chi connectivity index (χ4v) is 3.16. The summed E-state index contributed by atoms with van der Waals surface area (Å²) in [6, 6.07) is 6.17. The van der Waals surface area contributed by atoms with E-state index in [1.165, 1.54) is 19.2 Å². The number of carbonyl (C=O) groups excluding carboxylic acids is 2. The molecule has 6 nitrogen and oxygen atoms in total. The second-order valence-electron chi connectivity index (χ2n) is 3.43. The molecule has 0 spiro atoms. The largest absolute Gasteiger partial charge is 0.468 e. The predicted octanol–water partition coefficient (Wildman–Crippen LogP) is 1.34. The summed E-state index contributed by atoms with van der Waals surface area (Å²) in [5.74, 6) is -1.28. The van der Waals surface area contributed by atoms with Crippen LogP contribution in [0.5, 0.6) is 0 Å². The first-order valence-electron chi connectivity index (χ1n) is 4.74. The minimum Gasteiger partial charge on any atom is -0.468 e. The van der Waals surface area contributed by atoms with Crippen LogP contribution in [-0.2, 0) is 9.53 Å². The van der Waals surface area contributed by atoms with E-state index in [4.69, 9.17) is 0 Å². The van der Waals surface area contributed by atoms with Gasteiger partial charge in [0.05, 0.1) is 17.6 Å². The molecule has 0 unspecified atom stereocenters. The Morgan fingerprint density at radius 2 is 2.06 bits per heavy atom. The molecule has 0 aliphatic carbocycles. The Balaban J connectivity index is 2.40. The van der Waals surface area contributed by atoms with Gasteiger partial charge in [0.25, 0.3) is 5.91 Å². The molecular formula is C10H11NO5S. The molecular weight excluding hydrogens is 246 g/mol. The van der Waals surface area contributed by atoms with Crippen LogP contribution in [0.3, 0.4) is 0 Å². The summed E-state index contributed by atoms with van der Waals surface area (Å²) in [4.78, 5) is 23.2. The van der Waals surface area contributed by atoms with E-state index in [0.717, 1.165) is 4.31 Å². The average molecular weight is 257 g/mol. The number of esters is 1. The molecule has 17 heavy (non-hydrogen) atoms. The minimum absolute atomic E-state index is 0.147. The second kappa shape index (κ2) is 4.02. The Labute approximate surface area is 99.3 Å². The number of carbonyl (C=O) groups is 2. The molecule has 92 valence electrons. The molecule has 0 radical (unpaired) electrons. The smallest absolute Gasteiger partial charge is 0.327 e. The van der Waals surface area contributed by atoms with E-state index in [0.29, 0.717) is 0 Å². The molecule has 1 aromatic rings. The summed E-state index contributed by atoms with van der Waals surface area (Å²) < 4.78 is 25.1. The van der Waals surface area contributed by atoms with Crippen LogP contribution in [0.1, 0.15) is 10.4 Å². The third-order valence-electron chi connectivity index (χ3n) is 2.45. The molecule has 2 rings (SSSR count). The maximum atomic E-state index is 11.9. The molecule has 1 amide bonds. The van der Waals surface area contributed by atoms with Gasteiger partial charge in [-0.2, -0.15) is 0 Å². The van der Waals surface area contributed by atoms with Gasteiger partial charge in [0.1, 0.15) is 6.54 Å². The van der Waals surface area contributed by atoms with E-state index in [1.54, 1.807) is 12.1 Å². The number of methoxy groups -OCH3 is 1. The third kappa shape index (κ3) is 1.78. The zero-order valence-corrected chi connectivity index (χ0v) is 9.81. The van der Waals surface area contributed by atoms with E-state index in [1.807, 2.05) is 0 Å². The van der Waals surface area contributed by atoms with Crippen molar-refractivity contribution in [3.8, 4) is 0 Å². The molecule has 0 fully saturated rings. The Hall–Kier alpha value is -1.57. The lowest BCUT2D eigenvalue weighted by atomic mass is 10.2. The molecule has 1 aliphatic rings. The van der Waals surface area contributed by atoms with Gasteiger partial charge in [-0.15, -0.1) is 0 Å². The maximum absolute atomic E-state index is 11.9. The van der Waals surface area contributed by atoms with Crippen LogP contribution in [0, 0.1) is 0 Å². The molecule has 0 saturated heterocycles. The number of fused-ring (bicyclic) bond motifs is 1. The zero-order valence-electron chi connectivity index (χ0n) is 8.99. The Kier molecular flexibility index (Phi) is 2.82. The van der Waals surface area contributed by atoms with Gasteiger partial charge in [-0.25, -0.2) is 4.31 Å². The number of hydrogen-bond donors (Lipinski definition) is 2. The summed E-state index contributed by atoms with van der Waals surface area (Å²) in [6.07, 6.45) is 0. The van der Waals surface area contributed by atoms with Crippen LogP contribution < -0.4 is 0 Å². The van der Waals surface area contributed by atoms with E-state index < -0.39 is 29.2 Å². The quantitative estimate of drug-likeness (QED) is 0.781. The second-order valence-corrected chi connectivity index (χ2v) is 5.35. The maximum Gasteiger partial charge on any atom is 0.327 e. The minimum atomic E-state index is -3.42. The van der Waals surface area contributed by atoms with E-state index in [2.05, 4.69) is 4.74 Å².